The fourth-order valence-electron chi connectivity index (χ4n) is 1.93. The Morgan fingerprint density at radius 2 is 2.05 bits per heavy atom. The van der Waals surface area contributed by atoms with Gasteiger partial charge in [0.2, 0.25) is 10.0 Å². The normalized spacial score (nSPS) is 12.3. The van der Waals surface area contributed by atoms with E-state index < -0.39 is 10.0 Å². The van der Waals surface area contributed by atoms with Crippen molar-refractivity contribution >= 4 is 21.6 Å². The second-order valence-corrected chi connectivity index (χ2v) is 7.53. The Labute approximate surface area is 132 Å². The van der Waals surface area contributed by atoms with Gasteiger partial charge in [0.25, 0.3) is 0 Å². The molecule has 0 aliphatic rings. The summed E-state index contributed by atoms with van der Waals surface area (Å²) in [7, 11) is -2.10. The molecule has 120 valence electrons. The maximum absolute atomic E-state index is 12.7. The van der Waals surface area contributed by atoms with Crippen LogP contribution in [0.4, 0.5) is 0 Å². The average molecular weight is 335 g/mol. The predicted octanol–water partition coefficient (Wildman–Crippen LogP) is 2.09. The molecule has 2 N–H and O–H groups in total. The van der Waals surface area contributed by atoms with Gasteiger partial charge in [-0.15, -0.1) is 0 Å². The lowest BCUT2D eigenvalue weighted by molar-refractivity contribution is 0.175. The van der Waals surface area contributed by atoms with Crippen LogP contribution in [0.3, 0.4) is 0 Å². The van der Waals surface area contributed by atoms with Gasteiger partial charge in [0.15, 0.2) is 0 Å². The molecule has 0 aliphatic heterocycles. The molecule has 0 atom stereocenters. The molecule has 0 radical (unpaired) electrons. The summed E-state index contributed by atoms with van der Waals surface area (Å²) < 4.78 is 31.9. The fraction of sp³-hybridized carbons (Fsp3) is 0.571. The highest BCUT2D eigenvalue weighted by Crippen LogP contribution is 2.26. The third-order valence-electron chi connectivity index (χ3n) is 2.96. The molecule has 1 aromatic carbocycles. The fourth-order valence-corrected chi connectivity index (χ4v) is 4.06. The first-order valence-electron chi connectivity index (χ1n) is 6.80. The van der Waals surface area contributed by atoms with Crippen molar-refractivity contribution in [2.24, 2.45) is 11.7 Å². The smallest absolute Gasteiger partial charge is 0.244 e. The molecule has 5 nitrogen and oxygen atoms in total. The minimum atomic E-state index is -3.64. The SMILES string of the molecule is COCCN(CC(C)C)S(=O)(=O)c1ccc(CN)cc1Cl. The summed E-state index contributed by atoms with van der Waals surface area (Å²) in [6.07, 6.45) is 0. The summed E-state index contributed by atoms with van der Waals surface area (Å²) in [4.78, 5) is 0.109. The average Bonchev–Trinajstić information content (AvgIpc) is 2.42. The Morgan fingerprint density at radius 3 is 2.52 bits per heavy atom. The molecule has 7 heteroatoms. The van der Waals surface area contributed by atoms with Gasteiger partial charge in [-0.25, -0.2) is 8.42 Å². The molecule has 0 aliphatic carbocycles. The van der Waals surface area contributed by atoms with Crippen LogP contribution >= 0.6 is 11.6 Å². The number of nitrogens with two attached hydrogens (primary N) is 1. The zero-order chi connectivity index (χ0) is 16.0. The van der Waals surface area contributed by atoms with Crippen molar-refractivity contribution in [3.63, 3.8) is 0 Å². The molecule has 0 saturated carbocycles. The standard InChI is InChI=1S/C14H23ClN2O3S/c1-11(2)10-17(6-7-20-3)21(18,19)14-5-4-12(9-16)8-13(14)15/h4-5,8,11H,6-7,9-10,16H2,1-3H3. The number of sulfonamides is 1. The molecule has 0 saturated heterocycles. The van der Waals surface area contributed by atoms with Crippen LogP contribution in [0, 0.1) is 5.92 Å². The van der Waals surface area contributed by atoms with Crippen LogP contribution in [-0.2, 0) is 21.3 Å². The zero-order valence-corrected chi connectivity index (χ0v) is 14.2. The highest BCUT2D eigenvalue weighted by molar-refractivity contribution is 7.89. The predicted molar refractivity (Wildman–Crippen MR) is 84.8 cm³/mol. The first-order valence-corrected chi connectivity index (χ1v) is 8.62. The maximum atomic E-state index is 12.7. The number of hydrogen-bond donors (Lipinski definition) is 1. The van der Waals surface area contributed by atoms with Gasteiger partial charge in [-0.1, -0.05) is 31.5 Å². The van der Waals surface area contributed by atoms with E-state index >= 15 is 0 Å². The molecular weight excluding hydrogens is 312 g/mol. The van der Waals surface area contributed by atoms with E-state index in [4.69, 9.17) is 22.1 Å². The molecule has 1 aromatic rings. The summed E-state index contributed by atoms with van der Waals surface area (Å²) >= 11 is 6.11. The van der Waals surface area contributed by atoms with Gasteiger partial charge in [-0.2, -0.15) is 4.31 Å². The third-order valence-corrected chi connectivity index (χ3v) is 5.31. The highest BCUT2D eigenvalue weighted by Gasteiger charge is 2.27. The summed E-state index contributed by atoms with van der Waals surface area (Å²) in [6, 6.07) is 4.79. The van der Waals surface area contributed by atoms with E-state index in [0.29, 0.717) is 26.2 Å². The van der Waals surface area contributed by atoms with Crippen molar-refractivity contribution in [3.05, 3.63) is 28.8 Å². The Balaban J connectivity index is 3.15. The molecule has 0 amide bonds. The summed E-state index contributed by atoms with van der Waals surface area (Å²) in [5.74, 6) is 0.207. The van der Waals surface area contributed by atoms with Crippen LogP contribution in [0.5, 0.6) is 0 Å². The van der Waals surface area contributed by atoms with E-state index in [9.17, 15) is 8.42 Å². The van der Waals surface area contributed by atoms with Crippen molar-refractivity contribution in [2.75, 3.05) is 26.8 Å². The lowest BCUT2D eigenvalue weighted by Gasteiger charge is -2.24. The number of ether oxygens (including phenoxy) is 1. The van der Waals surface area contributed by atoms with Crippen LogP contribution in [0.1, 0.15) is 19.4 Å². The number of benzene rings is 1. The van der Waals surface area contributed by atoms with Crippen molar-refractivity contribution in [1.29, 1.82) is 0 Å². The lowest BCUT2D eigenvalue weighted by atomic mass is 10.2. The van der Waals surface area contributed by atoms with Crippen LogP contribution in [0.2, 0.25) is 5.02 Å². The molecule has 21 heavy (non-hydrogen) atoms. The van der Waals surface area contributed by atoms with E-state index in [2.05, 4.69) is 0 Å². The van der Waals surface area contributed by atoms with Gasteiger partial charge in [0, 0.05) is 26.7 Å². The molecule has 0 bridgehead atoms. The van der Waals surface area contributed by atoms with Crippen LogP contribution < -0.4 is 5.73 Å². The van der Waals surface area contributed by atoms with Gasteiger partial charge in [-0.3, -0.25) is 0 Å². The molecule has 0 aromatic heterocycles. The first kappa shape index (κ1) is 18.4. The Kier molecular flexibility index (Phi) is 7.09. The van der Waals surface area contributed by atoms with Crippen molar-refractivity contribution in [2.45, 2.75) is 25.3 Å². The second-order valence-electron chi connectivity index (χ2n) is 5.22. The topological polar surface area (TPSA) is 72.6 Å². The lowest BCUT2D eigenvalue weighted by Crippen LogP contribution is -2.36. The number of rotatable bonds is 8. The van der Waals surface area contributed by atoms with Crippen molar-refractivity contribution < 1.29 is 13.2 Å². The maximum Gasteiger partial charge on any atom is 0.244 e. The summed E-state index contributed by atoms with van der Waals surface area (Å²) in [5, 5.41) is 0.198. The Hall–Kier alpha value is -0.660. The molecule has 0 unspecified atom stereocenters. The van der Waals surface area contributed by atoms with Crippen molar-refractivity contribution in [1.82, 2.24) is 4.31 Å². The summed E-state index contributed by atoms with van der Waals surface area (Å²) in [6.45, 7) is 5.30. The first-order chi connectivity index (χ1) is 9.82. The molecular formula is C14H23ClN2O3S. The van der Waals surface area contributed by atoms with Crippen molar-refractivity contribution in [3.8, 4) is 0 Å². The van der Waals surface area contributed by atoms with Gasteiger partial charge in [-0.05, 0) is 23.6 Å². The van der Waals surface area contributed by atoms with Crippen LogP contribution in [0.25, 0.3) is 0 Å². The van der Waals surface area contributed by atoms with Crippen LogP contribution in [-0.4, -0.2) is 39.5 Å². The third kappa shape index (κ3) is 4.93. The second kappa shape index (κ2) is 8.10. The van der Waals surface area contributed by atoms with Gasteiger partial charge in [0.05, 0.1) is 11.6 Å². The van der Waals surface area contributed by atoms with E-state index in [-0.39, 0.29) is 15.8 Å². The largest absolute Gasteiger partial charge is 0.383 e. The quantitative estimate of drug-likeness (QED) is 0.790. The number of nitrogens with zero attached hydrogens (tertiary/aromatic N) is 1. The number of halogens is 1. The van der Waals surface area contributed by atoms with Gasteiger partial charge >= 0.3 is 0 Å². The molecule has 0 spiro atoms. The Morgan fingerprint density at radius 1 is 1.38 bits per heavy atom. The van der Waals surface area contributed by atoms with E-state index in [1.807, 2.05) is 13.8 Å². The Bertz CT molecular complexity index is 561. The number of hydrogen-bond acceptors (Lipinski definition) is 4. The van der Waals surface area contributed by atoms with Crippen LogP contribution in [0.15, 0.2) is 23.1 Å². The van der Waals surface area contributed by atoms with E-state index in [0.717, 1.165) is 5.56 Å². The molecule has 0 heterocycles. The minimum Gasteiger partial charge on any atom is -0.383 e. The number of methoxy groups -OCH3 is 1. The zero-order valence-electron chi connectivity index (χ0n) is 12.7. The molecule has 0 fully saturated rings. The highest BCUT2D eigenvalue weighted by atomic mass is 35.5. The minimum absolute atomic E-state index is 0.109. The van der Waals surface area contributed by atoms with Gasteiger partial charge < -0.3 is 10.5 Å². The van der Waals surface area contributed by atoms with Gasteiger partial charge in [0.1, 0.15) is 4.90 Å². The van der Waals surface area contributed by atoms with E-state index in [1.165, 1.54) is 10.4 Å². The molecule has 1 rings (SSSR count). The summed E-state index contributed by atoms with van der Waals surface area (Å²) in [5.41, 5.74) is 6.33. The monoisotopic (exact) mass is 334 g/mol. The van der Waals surface area contributed by atoms with E-state index in [1.54, 1.807) is 19.2 Å².